The van der Waals surface area contributed by atoms with Gasteiger partial charge in [0.2, 0.25) is 5.91 Å². The second-order valence-electron chi connectivity index (χ2n) is 3.89. The van der Waals surface area contributed by atoms with Gasteiger partial charge in [0, 0.05) is 13.6 Å². The molecule has 1 unspecified atom stereocenters. The third-order valence-corrected chi connectivity index (χ3v) is 2.54. The fourth-order valence-electron chi connectivity index (χ4n) is 1.34. The summed E-state index contributed by atoms with van der Waals surface area (Å²) in [4.78, 5) is 17.5. The maximum atomic E-state index is 11.8. The van der Waals surface area contributed by atoms with Crippen LogP contribution in [0, 0.1) is 0 Å². The van der Waals surface area contributed by atoms with Crippen molar-refractivity contribution in [3.8, 4) is 0 Å². The highest BCUT2D eigenvalue weighted by Gasteiger charge is 2.16. The van der Waals surface area contributed by atoms with Crippen LogP contribution in [0.25, 0.3) is 0 Å². The number of carbonyl (C=O) groups excluding carboxylic acids is 1. The standard InChI is InChI=1S/C11H19N5O/c1-4-16(3)11(17)7(2)14-9-6-5-8(12)10(13)15-9/h5-7H,4,12H2,1-3H3,(H3,13,14,15). The summed E-state index contributed by atoms with van der Waals surface area (Å²) in [6.45, 7) is 4.37. The summed E-state index contributed by atoms with van der Waals surface area (Å²) in [5, 5.41) is 2.99. The van der Waals surface area contributed by atoms with E-state index in [1.807, 2.05) is 6.92 Å². The van der Waals surface area contributed by atoms with Crippen LogP contribution in [0.1, 0.15) is 13.8 Å². The fourth-order valence-corrected chi connectivity index (χ4v) is 1.34. The predicted octanol–water partition coefficient (Wildman–Crippen LogP) is 0.525. The van der Waals surface area contributed by atoms with Crippen LogP contribution in [-0.4, -0.2) is 35.4 Å². The number of pyridine rings is 1. The molecule has 0 aliphatic carbocycles. The number of nitrogens with zero attached hydrogens (tertiary/aromatic N) is 2. The first kappa shape index (κ1) is 13.1. The minimum Gasteiger partial charge on any atom is -0.396 e. The Hall–Kier alpha value is -1.98. The van der Waals surface area contributed by atoms with Gasteiger partial charge in [-0.3, -0.25) is 4.79 Å². The molecule has 94 valence electrons. The molecule has 5 N–H and O–H groups in total. The first-order valence-electron chi connectivity index (χ1n) is 5.49. The van der Waals surface area contributed by atoms with Gasteiger partial charge in [-0.2, -0.15) is 0 Å². The topological polar surface area (TPSA) is 97.3 Å². The number of nitrogens with one attached hydrogen (secondary N) is 1. The summed E-state index contributed by atoms with van der Waals surface area (Å²) in [5.41, 5.74) is 11.6. The van der Waals surface area contributed by atoms with E-state index in [1.165, 1.54) is 0 Å². The van der Waals surface area contributed by atoms with E-state index in [1.54, 1.807) is 31.0 Å². The fraction of sp³-hybridized carbons (Fsp3) is 0.455. The molecule has 1 aromatic heterocycles. The molecule has 0 fully saturated rings. The zero-order chi connectivity index (χ0) is 13.0. The number of hydrogen-bond acceptors (Lipinski definition) is 5. The molecule has 6 nitrogen and oxygen atoms in total. The number of nitrogen functional groups attached to an aromatic ring is 2. The lowest BCUT2D eigenvalue weighted by atomic mass is 10.3. The lowest BCUT2D eigenvalue weighted by Gasteiger charge is -2.21. The highest BCUT2D eigenvalue weighted by atomic mass is 16.2. The Kier molecular flexibility index (Phi) is 4.14. The average Bonchev–Trinajstić information content (AvgIpc) is 2.31. The molecule has 0 saturated carbocycles. The van der Waals surface area contributed by atoms with Crippen LogP contribution in [0.5, 0.6) is 0 Å². The molecule has 17 heavy (non-hydrogen) atoms. The van der Waals surface area contributed by atoms with Crippen molar-refractivity contribution in [2.24, 2.45) is 0 Å². The van der Waals surface area contributed by atoms with Crippen molar-refractivity contribution in [1.29, 1.82) is 0 Å². The van der Waals surface area contributed by atoms with Gasteiger partial charge in [-0.05, 0) is 26.0 Å². The minimum atomic E-state index is -0.351. The van der Waals surface area contributed by atoms with Crippen LogP contribution >= 0.6 is 0 Å². The van der Waals surface area contributed by atoms with Gasteiger partial charge in [-0.1, -0.05) is 0 Å². The smallest absolute Gasteiger partial charge is 0.244 e. The number of nitrogens with two attached hydrogens (primary N) is 2. The first-order chi connectivity index (χ1) is 7.95. The summed E-state index contributed by atoms with van der Waals surface area (Å²) in [6.07, 6.45) is 0. The van der Waals surface area contributed by atoms with E-state index in [0.29, 0.717) is 18.1 Å². The Morgan fingerprint density at radius 1 is 1.53 bits per heavy atom. The number of amides is 1. The zero-order valence-electron chi connectivity index (χ0n) is 10.4. The summed E-state index contributed by atoms with van der Waals surface area (Å²) in [7, 11) is 1.76. The molecule has 0 radical (unpaired) electrons. The number of hydrogen-bond donors (Lipinski definition) is 3. The molecular weight excluding hydrogens is 218 g/mol. The molecule has 0 saturated heterocycles. The predicted molar refractivity (Wildman–Crippen MR) is 69.5 cm³/mol. The molecule has 0 aromatic carbocycles. The molecule has 1 rings (SSSR count). The molecule has 0 aliphatic rings. The van der Waals surface area contributed by atoms with Crippen LogP contribution in [0.15, 0.2) is 12.1 Å². The van der Waals surface area contributed by atoms with Crippen LogP contribution in [-0.2, 0) is 4.79 Å². The second kappa shape index (κ2) is 5.38. The minimum absolute atomic E-state index is 0.00435. The summed E-state index contributed by atoms with van der Waals surface area (Å²) in [5.74, 6) is 0.810. The highest BCUT2D eigenvalue weighted by Crippen LogP contribution is 2.15. The monoisotopic (exact) mass is 237 g/mol. The van der Waals surface area contributed by atoms with Crippen LogP contribution < -0.4 is 16.8 Å². The summed E-state index contributed by atoms with van der Waals surface area (Å²) >= 11 is 0. The Labute approximate surface area is 101 Å². The van der Waals surface area contributed by atoms with Crippen molar-refractivity contribution < 1.29 is 4.79 Å². The van der Waals surface area contributed by atoms with E-state index >= 15 is 0 Å². The van der Waals surface area contributed by atoms with Crippen LogP contribution in [0.3, 0.4) is 0 Å². The van der Waals surface area contributed by atoms with E-state index < -0.39 is 0 Å². The number of carbonyl (C=O) groups is 1. The van der Waals surface area contributed by atoms with Gasteiger partial charge in [-0.25, -0.2) is 4.98 Å². The molecule has 1 amide bonds. The van der Waals surface area contributed by atoms with Crippen molar-refractivity contribution in [1.82, 2.24) is 9.88 Å². The average molecular weight is 237 g/mol. The van der Waals surface area contributed by atoms with Crippen molar-refractivity contribution in [2.75, 3.05) is 30.4 Å². The van der Waals surface area contributed by atoms with E-state index in [-0.39, 0.29) is 17.8 Å². The second-order valence-corrected chi connectivity index (χ2v) is 3.89. The highest BCUT2D eigenvalue weighted by molar-refractivity contribution is 5.83. The zero-order valence-corrected chi connectivity index (χ0v) is 10.4. The molecule has 1 atom stereocenters. The normalized spacial score (nSPS) is 11.9. The number of rotatable bonds is 4. The Balaban J connectivity index is 2.71. The number of likely N-dealkylation sites (N-methyl/N-ethyl adjacent to an activating group) is 1. The van der Waals surface area contributed by atoms with Gasteiger partial charge < -0.3 is 21.7 Å². The third-order valence-electron chi connectivity index (χ3n) is 2.54. The van der Waals surface area contributed by atoms with E-state index in [2.05, 4.69) is 10.3 Å². The summed E-state index contributed by atoms with van der Waals surface area (Å²) in [6, 6.07) is 3.00. The SMILES string of the molecule is CCN(C)C(=O)C(C)Nc1ccc(N)c(N)n1. The van der Waals surface area contributed by atoms with Gasteiger partial charge in [0.15, 0.2) is 0 Å². The quantitative estimate of drug-likeness (QED) is 0.709. The van der Waals surface area contributed by atoms with Crippen molar-refractivity contribution >= 4 is 23.2 Å². The molecule has 0 aliphatic heterocycles. The van der Waals surface area contributed by atoms with Gasteiger partial charge in [-0.15, -0.1) is 0 Å². The Morgan fingerprint density at radius 3 is 2.71 bits per heavy atom. The number of aromatic nitrogens is 1. The van der Waals surface area contributed by atoms with E-state index in [0.717, 1.165) is 0 Å². The first-order valence-corrected chi connectivity index (χ1v) is 5.49. The third kappa shape index (κ3) is 3.24. The number of anilines is 3. The van der Waals surface area contributed by atoms with Crippen molar-refractivity contribution in [3.05, 3.63) is 12.1 Å². The largest absolute Gasteiger partial charge is 0.396 e. The van der Waals surface area contributed by atoms with Gasteiger partial charge in [0.25, 0.3) is 0 Å². The lowest BCUT2D eigenvalue weighted by Crippen LogP contribution is -2.39. The molecular formula is C11H19N5O. The van der Waals surface area contributed by atoms with Gasteiger partial charge in [0.1, 0.15) is 17.7 Å². The Morgan fingerprint density at radius 2 is 2.18 bits per heavy atom. The lowest BCUT2D eigenvalue weighted by molar-refractivity contribution is -0.130. The van der Waals surface area contributed by atoms with Gasteiger partial charge >= 0.3 is 0 Å². The van der Waals surface area contributed by atoms with Crippen LogP contribution in [0.4, 0.5) is 17.3 Å². The van der Waals surface area contributed by atoms with Crippen molar-refractivity contribution in [3.63, 3.8) is 0 Å². The van der Waals surface area contributed by atoms with E-state index in [4.69, 9.17) is 11.5 Å². The summed E-state index contributed by atoms with van der Waals surface area (Å²) < 4.78 is 0. The molecule has 0 spiro atoms. The van der Waals surface area contributed by atoms with Gasteiger partial charge in [0.05, 0.1) is 5.69 Å². The van der Waals surface area contributed by atoms with E-state index in [9.17, 15) is 4.79 Å². The maximum Gasteiger partial charge on any atom is 0.244 e. The molecule has 1 aromatic rings. The molecule has 6 heteroatoms. The Bertz CT molecular complexity index is 407. The maximum absolute atomic E-state index is 11.8. The molecule has 1 heterocycles. The van der Waals surface area contributed by atoms with Crippen LogP contribution in [0.2, 0.25) is 0 Å². The molecule has 0 bridgehead atoms. The van der Waals surface area contributed by atoms with Crippen molar-refractivity contribution in [2.45, 2.75) is 19.9 Å².